The molecule has 2 nitrogen and oxygen atoms in total. The Labute approximate surface area is 121 Å². The molecule has 0 radical (unpaired) electrons. The maximum Gasteiger partial charge on any atom is 0.0110 e. The molecule has 1 saturated heterocycles. The first-order chi connectivity index (χ1) is 9.04. The number of likely N-dealkylation sites (tertiary alicyclic amines) is 1. The van der Waals surface area contributed by atoms with Crippen LogP contribution in [0.1, 0.15) is 66.2 Å². The molecule has 0 saturated carbocycles. The molecule has 114 valence electrons. The zero-order chi connectivity index (χ0) is 14.3. The third kappa shape index (κ3) is 6.27. The topological polar surface area (TPSA) is 15.3 Å². The van der Waals surface area contributed by atoms with E-state index < -0.39 is 0 Å². The summed E-state index contributed by atoms with van der Waals surface area (Å²) in [6.07, 6.45) is 8.31. The number of nitrogens with zero attached hydrogens (tertiary/aromatic N) is 1. The van der Waals surface area contributed by atoms with E-state index in [1.807, 2.05) is 0 Å². The Morgan fingerprint density at radius 3 is 2.21 bits per heavy atom. The summed E-state index contributed by atoms with van der Waals surface area (Å²) >= 11 is 0. The molecule has 1 rings (SSSR count). The van der Waals surface area contributed by atoms with Crippen molar-refractivity contribution in [2.24, 2.45) is 11.8 Å². The molecule has 2 heteroatoms. The summed E-state index contributed by atoms with van der Waals surface area (Å²) in [4.78, 5) is 2.86. The van der Waals surface area contributed by atoms with Gasteiger partial charge in [-0.2, -0.15) is 0 Å². The van der Waals surface area contributed by atoms with Gasteiger partial charge in [0.2, 0.25) is 0 Å². The zero-order valence-corrected chi connectivity index (χ0v) is 13.9. The summed E-state index contributed by atoms with van der Waals surface area (Å²) in [7, 11) is 2.08. The van der Waals surface area contributed by atoms with Gasteiger partial charge in [0.1, 0.15) is 0 Å². The summed E-state index contributed by atoms with van der Waals surface area (Å²) in [5.41, 5.74) is 0. The molecular weight excluding hydrogens is 232 g/mol. The molecule has 1 aliphatic heterocycles. The molecule has 1 atom stereocenters. The van der Waals surface area contributed by atoms with E-state index in [1.54, 1.807) is 0 Å². The van der Waals surface area contributed by atoms with Crippen LogP contribution in [0, 0.1) is 11.8 Å². The second kappa shape index (κ2) is 8.97. The van der Waals surface area contributed by atoms with Gasteiger partial charge < -0.3 is 5.32 Å². The molecule has 0 bridgehead atoms. The SMILES string of the molecule is CNCCC1CCCCN1C(CC(C)C)CC(C)C. The van der Waals surface area contributed by atoms with Crippen LogP contribution in [0.4, 0.5) is 0 Å². The monoisotopic (exact) mass is 268 g/mol. The van der Waals surface area contributed by atoms with Crippen molar-refractivity contribution >= 4 is 0 Å². The lowest BCUT2D eigenvalue weighted by Gasteiger charge is -2.43. The van der Waals surface area contributed by atoms with E-state index in [0.717, 1.165) is 30.5 Å². The quantitative estimate of drug-likeness (QED) is 0.718. The van der Waals surface area contributed by atoms with E-state index in [0.29, 0.717) is 0 Å². The standard InChI is InChI=1S/C17H36N2/c1-14(2)12-17(13-15(3)4)19-11-7-6-8-16(19)9-10-18-5/h14-18H,6-13H2,1-5H3. The van der Waals surface area contributed by atoms with Gasteiger partial charge in [-0.3, -0.25) is 4.90 Å². The van der Waals surface area contributed by atoms with Gasteiger partial charge in [-0.1, -0.05) is 34.1 Å². The van der Waals surface area contributed by atoms with Crippen molar-refractivity contribution in [3.05, 3.63) is 0 Å². The largest absolute Gasteiger partial charge is 0.320 e. The molecule has 1 aliphatic rings. The van der Waals surface area contributed by atoms with Crippen LogP contribution in [0.2, 0.25) is 0 Å². The molecule has 0 amide bonds. The minimum Gasteiger partial charge on any atom is -0.320 e. The van der Waals surface area contributed by atoms with Crippen molar-refractivity contribution in [2.45, 2.75) is 78.3 Å². The Hall–Kier alpha value is -0.0800. The third-order valence-electron chi connectivity index (χ3n) is 4.36. The number of rotatable bonds is 8. The first kappa shape index (κ1) is 17.0. The molecule has 0 aromatic heterocycles. The molecule has 0 aliphatic carbocycles. The Kier molecular flexibility index (Phi) is 8.01. The minimum atomic E-state index is 0.808. The lowest BCUT2D eigenvalue weighted by atomic mass is 9.89. The van der Waals surface area contributed by atoms with Crippen LogP contribution in [0.15, 0.2) is 0 Å². The van der Waals surface area contributed by atoms with Crippen molar-refractivity contribution < 1.29 is 0 Å². The van der Waals surface area contributed by atoms with Crippen molar-refractivity contribution in [1.29, 1.82) is 0 Å². The van der Waals surface area contributed by atoms with Crippen molar-refractivity contribution in [3.8, 4) is 0 Å². The molecule has 1 heterocycles. The van der Waals surface area contributed by atoms with Gasteiger partial charge in [0.25, 0.3) is 0 Å². The fraction of sp³-hybridized carbons (Fsp3) is 1.00. The van der Waals surface area contributed by atoms with E-state index in [2.05, 4.69) is 45.0 Å². The lowest BCUT2D eigenvalue weighted by Crippen LogP contribution is -2.48. The third-order valence-corrected chi connectivity index (χ3v) is 4.36. The summed E-state index contributed by atoms with van der Waals surface area (Å²) in [5.74, 6) is 1.63. The van der Waals surface area contributed by atoms with Gasteiger partial charge in [-0.15, -0.1) is 0 Å². The van der Waals surface area contributed by atoms with Crippen LogP contribution in [0.5, 0.6) is 0 Å². The predicted octanol–water partition coefficient (Wildman–Crippen LogP) is 3.91. The Morgan fingerprint density at radius 2 is 1.68 bits per heavy atom. The van der Waals surface area contributed by atoms with Crippen LogP contribution < -0.4 is 5.32 Å². The van der Waals surface area contributed by atoms with Crippen LogP contribution >= 0.6 is 0 Å². The maximum atomic E-state index is 3.33. The maximum absolute atomic E-state index is 3.33. The molecule has 0 aromatic carbocycles. The molecule has 1 N–H and O–H groups in total. The summed E-state index contributed by atoms with van der Waals surface area (Å²) in [6.45, 7) is 12.0. The van der Waals surface area contributed by atoms with Crippen LogP contribution in [-0.4, -0.2) is 37.1 Å². The smallest absolute Gasteiger partial charge is 0.0110 e. The van der Waals surface area contributed by atoms with Gasteiger partial charge in [-0.05, 0) is 64.1 Å². The molecule has 0 spiro atoms. The second-order valence-electron chi connectivity index (χ2n) is 7.19. The van der Waals surface area contributed by atoms with E-state index in [9.17, 15) is 0 Å². The number of piperidine rings is 1. The molecule has 1 fully saturated rings. The Balaban J connectivity index is 2.65. The van der Waals surface area contributed by atoms with E-state index in [4.69, 9.17) is 0 Å². The van der Waals surface area contributed by atoms with Crippen molar-refractivity contribution in [1.82, 2.24) is 10.2 Å². The van der Waals surface area contributed by atoms with Gasteiger partial charge in [-0.25, -0.2) is 0 Å². The van der Waals surface area contributed by atoms with Crippen LogP contribution in [0.3, 0.4) is 0 Å². The molecule has 0 aromatic rings. The Bertz CT molecular complexity index is 215. The number of nitrogens with one attached hydrogen (secondary N) is 1. The van der Waals surface area contributed by atoms with E-state index in [-0.39, 0.29) is 0 Å². The van der Waals surface area contributed by atoms with E-state index in [1.165, 1.54) is 45.1 Å². The van der Waals surface area contributed by atoms with Gasteiger partial charge in [0.15, 0.2) is 0 Å². The molecule has 1 unspecified atom stereocenters. The van der Waals surface area contributed by atoms with Crippen molar-refractivity contribution in [2.75, 3.05) is 20.1 Å². The highest BCUT2D eigenvalue weighted by Gasteiger charge is 2.29. The average Bonchev–Trinajstić information content (AvgIpc) is 2.35. The number of hydrogen-bond donors (Lipinski definition) is 1. The highest BCUT2D eigenvalue weighted by atomic mass is 15.2. The van der Waals surface area contributed by atoms with Gasteiger partial charge in [0, 0.05) is 12.1 Å². The predicted molar refractivity (Wildman–Crippen MR) is 85.6 cm³/mol. The number of hydrogen-bond acceptors (Lipinski definition) is 2. The summed E-state index contributed by atoms with van der Waals surface area (Å²) in [5, 5.41) is 3.33. The average molecular weight is 268 g/mol. The van der Waals surface area contributed by atoms with E-state index >= 15 is 0 Å². The first-order valence-corrected chi connectivity index (χ1v) is 8.45. The van der Waals surface area contributed by atoms with Crippen LogP contribution in [-0.2, 0) is 0 Å². The fourth-order valence-corrected chi connectivity index (χ4v) is 3.58. The highest BCUT2D eigenvalue weighted by molar-refractivity contribution is 4.84. The minimum absolute atomic E-state index is 0.808. The van der Waals surface area contributed by atoms with Crippen LogP contribution in [0.25, 0.3) is 0 Å². The Morgan fingerprint density at radius 1 is 1.05 bits per heavy atom. The molecular formula is C17H36N2. The van der Waals surface area contributed by atoms with Crippen molar-refractivity contribution in [3.63, 3.8) is 0 Å². The fourth-order valence-electron chi connectivity index (χ4n) is 3.58. The van der Waals surface area contributed by atoms with Gasteiger partial charge in [0.05, 0.1) is 0 Å². The zero-order valence-electron chi connectivity index (χ0n) is 13.9. The first-order valence-electron chi connectivity index (χ1n) is 8.45. The second-order valence-corrected chi connectivity index (χ2v) is 7.19. The van der Waals surface area contributed by atoms with Gasteiger partial charge >= 0.3 is 0 Å². The highest BCUT2D eigenvalue weighted by Crippen LogP contribution is 2.28. The molecule has 19 heavy (non-hydrogen) atoms. The lowest BCUT2D eigenvalue weighted by molar-refractivity contribution is 0.0658. The summed E-state index contributed by atoms with van der Waals surface area (Å²) in [6, 6.07) is 1.63. The summed E-state index contributed by atoms with van der Waals surface area (Å²) < 4.78 is 0. The normalized spacial score (nSPS) is 21.8.